The zero-order valence-corrected chi connectivity index (χ0v) is 17.3. The number of aryl methyl sites for hydroxylation is 1. The van der Waals surface area contributed by atoms with Crippen LogP contribution in [0.1, 0.15) is 35.0 Å². The van der Waals surface area contributed by atoms with E-state index >= 15 is 0 Å². The third kappa shape index (κ3) is 4.59. The molecule has 2 aliphatic heterocycles. The van der Waals surface area contributed by atoms with E-state index in [4.69, 9.17) is 21.7 Å². The molecule has 2 aliphatic rings. The highest BCUT2D eigenvalue weighted by Gasteiger charge is 2.31. The van der Waals surface area contributed by atoms with Crippen molar-refractivity contribution in [3.63, 3.8) is 0 Å². The van der Waals surface area contributed by atoms with Gasteiger partial charge in [0.1, 0.15) is 11.1 Å². The normalized spacial score (nSPS) is 19.9. The largest absolute Gasteiger partial charge is 0.465 e. The zero-order valence-electron chi connectivity index (χ0n) is 15.7. The Bertz CT molecular complexity index is 707. The molecule has 1 N–H and O–H groups in total. The van der Waals surface area contributed by atoms with Crippen LogP contribution in [0.3, 0.4) is 0 Å². The second-order valence-corrected chi connectivity index (χ2v) is 8.07. The number of thiocarbonyl (C=S) groups is 1. The third-order valence-corrected chi connectivity index (χ3v) is 6.40. The van der Waals surface area contributed by atoms with Crippen LogP contribution in [-0.4, -0.2) is 72.8 Å². The molecule has 2 saturated heterocycles. The number of anilines is 1. The zero-order chi connectivity index (χ0) is 19.4. The van der Waals surface area contributed by atoms with Gasteiger partial charge in [0.2, 0.25) is 0 Å². The molecule has 2 fully saturated rings. The molecule has 0 radical (unpaired) electrons. The van der Waals surface area contributed by atoms with Crippen molar-refractivity contribution in [3.05, 3.63) is 16.5 Å². The van der Waals surface area contributed by atoms with Crippen LogP contribution < -0.4 is 5.32 Å². The van der Waals surface area contributed by atoms with Crippen LogP contribution in [0.4, 0.5) is 5.00 Å². The lowest BCUT2D eigenvalue weighted by molar-refractivity contribution is -0.142. The Hall–Kier alpha value is -1.71. The average molecular weight is 412 g/mol. The molecule has 9 heteroatoms. The van der Waals surface area contributed by atoms with Crippen molar-refractivity contribution in [1.29, 1.82) is 0 Å². The lowest BCUT2D eigenvalue weighted by Gasteiger charge is -2.37. The van der Waals surface area contributed by atoms with Crippen molar-refractivity contribution < 1.29 is 19.1 Å². The van der Waals surface area contributed by atoms with Gasteiger partial charge in [-0.05, 0) is 37.5 Å². The number of hydrogen-bond donors (Lipinski definition) is 1. The molecule has 1 aromatic rings. The second kappa shape index (κ2) is 8.99. The highest BCUT2D eigenvalue weighted by molar-refractivity contribution is 7.80. The molecule has 1 atom stereocenters. The third-order valence-electron chi connectivity index (χ3n) is 4.84. The number of thiophene rings is 1. The Morgan fingerprint density at radius 3 is 2.63 bits per heavy atom. The second-order valence-electron chi connectivity index (χ2n) is 6.54. The summed E-state index contributed by atoms with van der Waals surface area (Å²) in [7, 11) is 1.37. The molecule has 1 aromatic heterocycles. The predicted molar refractivity (Wildman–Crippen MR) is 108 cm³/mol. The summed E-state index contributed by atoms with van der Waals surface area (Å²) in [5.41, 5.74) is 0.508. The van der Waals surface area contributed by atoms with E-state index in [1.165, 1.54) is 18.4 Å². The first-order valence-electron chi connectivity index (χ1n) is 9.20. The monoisotopic (exact) mass is 411 g/mol. The SMILES string of the molecule is CCc1cc(C(=O)OC)c(NC(=S)N2CCN(C(=O)C3CCCO3)CC2)s1. The number of nitrogens with zero attached hydrogens (tertiary/aromatic N) is 2. The number of hydrogen-bond acceptors (Lipinski definition) is 6. The summed E-state index contributed by atoms with van der Waals surface area (Å²) in [6.45, 7) is 5.27. The van der Waals surface area contributed by atoms with E-state index in [0.717, 1.165) is 24.1 Å². The summed E-state index contributed by atoms with van der Waals surface area (Å²) in [6.07, 6.45) is 2.33. The molecule has 0 aromatic carbocycles. The summed E-state index contributed by atoms with van der Waals surface area (Å²) in [6, 6.07) is 1.85. The van der Waals surface area contributed by atoms with E-state index in [2.05, 4.69) is 5.32 Å². The Balaban J connectivity index is 1.57. The molecule has 148 valence electrons. The first kappa shape index (κ1) is 20.0. The fourth-order valence-electron chi connectivity index (χ4n) is 3.25. The van der Waals surface area contributed by atoms with E-state index in [9.17, 15) is 9.59 Å². The molecule has 3 rings (SSSR count). The Morgan fingerprint density at radius 2 is 2.04 bits per heavy atom. The van der Waals surface area contributed by atoms with Crippen molar-refractivity contribution in [3.8, 4) is 0 Å². The maximum absolute atomic E-state index is 12.4. The standard InChI is InChI=1S/C18H25N3O4S2/c1-3-12-11-13(17(23)24-2)15(27-12)19-18(26)21-8-6-20(7-9-21)16(22)14-5-4-10-25-14/h11,14H,3-10H2,1-2H3,(H,19,26). The van der Waals surface area contributed by atoms with Crippen molar-refractivity contribution in [2.45, 2.75) is 32.3 Å². The van der Waals surface area contributed by atoms with Gasteiger partial charge in [0.05, 0.1) is 12.7 Å². The fourth-order valence-corrected chi connectivity index (χ4v) is 4.59. The van der Waals surface area contributed by atoms with Gasteiger partial charge in [-0.1, -0.05) is 6.92 Å². The summed E-state index contributed by atoms with van der Waals surface area (Å²) in [5.74, 6) is -0.284. The molecular formula is C18H25N3O4S2. The van der Waals surface area contributed by atoms with Crippen LogP contribution in [0.15, 0.2) is 6.07 Å². The van der Waals surface area contributed by atoms with Gasteiger partial charge in [0.15, 0.2) is 5.11 Å². The average Bonchev–Trinajstić information content (AvgIpc) is 3.37. The molecule has 0 spiro atoms. The molecule has 0 aliphatic carbocycles. The number of rotatable bonds is 4. The summed E-state index contributed by atoms with van der Waals surface area (Å²) in [4.78, 5) is 29.4. The highest BCUT2D eigenvalue weighted by atomic mass is 32.1. The number of amides is 1. The number of ether oxygens (including phenoxy) is 2. The van der Waals surface area contributed by atoms with Gasteiger partial charge in [-0.2, -0.15) is 0 Å². The molecule has 0 saturated carbocycles. The highest BCUT2D eigenvalue weighted by Crippen LogP contribution is 2.29. The number of carbonyl (C=O) groups excluding carboxylic acids is 2. The van der Waals surface area contributed by atoms with Crippen molar-refractivity contribution in [2.75, 3.05) is 45.2 Å². The van der Waals surface area contributed by atoms with Gasteiger partial charge in [-0.25, -0.2) is 4.79 Å². The van der Waals surface area contributed by atoms with Crippen LogP contribution in [0, 0.1) is 0 Å². The van der Waals surface area contributed by atoms with Crippen LogP contribution in [0.2, 0.25) is 0 Å². The molecule has 0 bridgehead atoms. The quantitative estimate of drug-likeness (QED) is 0.601. The minimum atomic E-state index is -0.372. The van der Waals surface area contributed by atoms with Gasteiger partial charge in [0.25, 0.3) is 5.91 Å². The van der Waals surface area contributed by atoms with Crippen LogP contribution in [0.5, 0.6) is 0 Å². The van der Waals surface area contributed by atoms with E-state index < -0.39 is 0 Å². The van der Waals surface area contributed by atoms with Crippen molar-refractivity contribution in [1.82, 2.24) is 9.80 Å². The van der Waals surface area contributed by atoms with Crippen molar-refractivity contribution in [2.24, 2.45) is 0 Å². The van der Waals surface area contributed by atoms with Crippen LogP contribution in [0.25, 0.3) is 0 Å². The summed E-state index contributed by atoms with van der Waals surface area (Å²) >= 11 is 7.05. The summed E-state index contributed by atoms with van der Waals surface area (Å²) in [5, 5.41) is 4.47. The number of methoxy groups -OCH3 is 1. The Labute approximate surface area is 168 Å². The van der Waals surface area contributed by atoms with Gasteiger partial charge < -0.3 is 24.6 Å². The molecule has 3 heterocycles. The molecular weight excluding hydrogens is 386 g/mol. The van der Waals surface area contributed by atoms with Crippen molar-refractivity contribution >= 4 is 45.5 Å². The van der Waals surface area contributed by atoms with E-state index in [-0.39, 0.29) is 18.0 Å². The first-order valence-corrected chi connectivity index (χ1v) is 10.4. The molecule has 27 heavy (non-hydrogen) atoms. The van der Waals surface area contributed by atoms with E-state index in [0.29, 0.717) is 48.5 Å². The van der Waals surface area contributed by atoms with Gasteiger partial charge in [-0.15, -0.1) is 11.3 Å². The van der Waals surface area contributed by atoms with Gasteiger partial charge in [0, 0.05) is 37.7 Å². The number of esters is 1. The van der Waals surface area contributed by atoms with Gasteiger partial charge in [-0.3, -0.25) is 4.79 Å². The minimum Gasteiger partial charge on any atom is -0.465 e. The minimum absolute atomic E-state index is 0.0878. The van der Waals surface area contributed by atoms with E-state index in [1.807, 2.05) is 22.8 Å². The maximum atomic E-state index is 12.4. The smallest absolute Gasteiger partial charge is 0.340 e. The lowest BCUT2D eigenvalue weighted by atomic mass is 10.2. The lowest BCUT2D eigenvalue weighted by Crippen LogP contribution is -2.53. The number of nitrogens with one attached hydrogen (secondary N) is 1. The van der Waals surface area contributed by atoms with Gasteiger partial charge >= 0.3 is 5.97 Å². The molecule has 1 unspecified atom stereocenters. The topological polar surface area (TPSA) is 71.1 Å². The Morgan fingerprint density at radius 1 is 1.33 bits per heavy atom. The first-order chi connectivity index (χ1) is 13.0. The predicted octanol–water partition coefficient (Wildman–Crippen LogP) is 2.12. The molecule has 1 amide bonds. The fraction of sp³-hybridized carbons (Fsp3) is 0.611. The van der Waals surface area contributed by atoms with Crippen LogP contribution >= 0.6 is 23.6 Å². The maximum Gasteiger partial charge on any atom is 0.340 e. The van der Waals surface area contributed by atoms with E-state index in [1.54, 1.807) is 0 Å². The van der Waals surface area contributed by atoms with Crippen LogP contribution in [-0.2, 0) is 20.7 Å². The Kier molecular flexibility index (Phi) is 6.67. The number of piperazine rings is 1. The molecule has 7 nitrogen and oxygen atoms in total. The summed E-state index contributed by atoms with van der Waals surface area (Å²) < 4.78 is 10.4. The number of carbonyl (C=O) groups is 2.